The summed E-state index contributed by atoms with van der Waals surface area (Å²) in [7, 11) is 0. The molecule has 4 amide bonds. The lowest BCUT2D eigenvalue weighted by Gasteiger charge is -2.30. The monoisotopic (exact) mass is 357 g/mol. The lowest BCUT2D eigenvalue weighted by atomic mass is 9.90. The van der Waals surface area contributed by atoms with E-state index in [-0.39, 0.29) is 30.3 Å². The van der Waals surface area contributed by atoms with Crippen molar-refractivity contribution in [2.75, 3.05) is 31.2 Å². The van der Waals surface area contributed by atoms with E-state index in [1.807, 2.05) is 31.2 Å². The van der Waals surface area contributed by atoms with Gasteiger partial charge in [0.2, 0.25) is 5.91 Å². The molecule has 138 valence electrons. The topological polar surface area (TPSA) is 79.0 Å². The Balaban J connectivity index is 1.46. The summed E-state index contributed by atoms with van der Waals surface area (Å²) in [4.78, 5) is 40.7. The third-order valence-corrected chi connectivity index (χ3v) is 5.55. The minimum Gasteiger partial charge on any atom is -0.381 e. The van der Waals surface area contributed by atoms with Gasteiger partial charge in [-0.3, -0.25) is 14.5 Å². The van der Waals surface area contributed by atoms with Gasteiger partial charge in [-0.15, -0.1) is 0 Å². The SMILES string of the molecule is Cc1cccc(N2CC(CN3C(=O)NC4(CCOCC4)C3=O)CC2=O)c1. The number of aryl methyl sites for hydroxylation is 1. The van der Waals surface area contributed by atoms with Crippen LogP contribution in [-0.4, -0.2) is 54.6 Å². The number of nitrogens with one attached hydrogen (secondary N) is 1. The number of benzene rings is 1. The molecule has 1 spiro atoms. The highest BCUT2D eigenvalue weighted by Crippen LogP contribution is 2.31. The largest absolute Gasteiger partial charge is 0.381 e. The average molecular weight is 357 g/mol. The van der Waals surface area contributed by atoms with Crippen LogP contribution in [0.2, 0.25) is 0 Å². The quantitative estimate of drug-likeness (QED) is 0.831. The second-order valence-corrected chi connectivity index (χ2v) is 7.45. The van der Waals surface area contributed by atoms with Crippen LogP contribution in [0.3, 0.4) is 0 Å². The summed E-state index contributed by atoms with van der Waals surface area (Å²) in [6.07, 6.45) is 1.36. The maximum absolute atomic E-state index is 12.8. The molecule has 0 aromatic heterocycles. The predicted octanol–water partition coefficient (Wildman–Crippen LogP) is 1.45. The summed E-state index contributed by atoms with van der Waals surface area (Å²) in [6.45, 7) is 3.74. The van der Waals surface area contributed by atoms with Gasteiger partial charge in [-0.05, 0) is 24.6 Å². The van der Waals surface area contributed by atoms with Crippen molar-refractivity contribution in [3.63, 3.8) is 0 Å². The summed E-state index contributed by atoms with van der Waals surface area (Å²) in [5.41, 5.74) is 1.15. The van der Waals surface area contributed by atoms with Crippen LogP contribution >= 0.6 is 0 Å². The summed E-state index contributed by atoms with van der Waals surface area (Å²) in [5, 5.41) is 2.86. The molecule has 7 nitrogen and oxygen atoms in total. The molecule has 3 heterocycles. The normalized spacial score (nSPS) is 25.3. The second-order valence-electron chi connectivity index (χ2n) is 7.45. The first kappa shape index (κ1) is 17.0. The molecule has 1 atom stereocenters. The number of anilines is 1. The first-order valence-electron chi connectivity index (χ1n) is 9.07. The van der Waals surface area contributed by atoms with Crippen molar-refractivity contribution in [2.24, 2.45) is 5.92 Å². The fourth-order valence-corrected chi connectivity index (χ4v) is 4.11. The van der Waals surface area contributed by atoms with Crippen molar-refractivity contribution >= 4 is 23.5 Å². The van der Waals surface area contributed by atoms with Crippen LogP contribution in [0.4, 0.5) is 10.5 Å². The van der Waals surface area contributed by atoms with E-state index >= 15 is 0 Å². The molecule has 3 saturated heterocycles. The zero-order valence-electron chi connectivity index (χ0n) is 14.9. The van der Waals surface area contributed by atoms with Gasteiger partial charge in [0, 0.05) is 57.2 Å². The fourth-order valence-electron chi connectivity index (χ4n) is 4.11. The Morgan fingerprint density at radius 3 is 2.73 bits per heavy atom. The van der Waals surface area contributed by atoms with Gasteiger partial charge in [0.1, 0.15) is 5.54 Å². The van der Waals surface area contributed by atoms with E-state index in [4.69, 9.17) is 4.74 Å². The van der Waals surface area contributed by atoms with Crippen LogP contribution in [0.15, 0.2) is 24.3 Å². The molecule has 0 aliphatic carbocycles. The van der Waals surface area contributed by atoms with E-state index < -0.39 is 5.54 Å². The molecule has 1 N–H and O–H groups in total. The number of carbonyl (C=O) groups is 3. The van der Waals surface area contributed by atoms with Crippen molar-refractivity contribution < 1.29 is 19.1 Å². The van der Waals surface area contributed by atoms with Crippen molar-refractivity contribution in [3.8, 4) is 0 Å². The first-order chi connectivity index (χ1) is 12.5. The molecule has 0 radical (unpaired) electrons. The molecule has 1 aromatic rings. The maximum atomic E-state index is 12.8. The van der Waals surface area contributed by atoms with Gasteiger partial charge in [-0.1, -0.05) is 12.1 Å². The first-order valence-corrected chi connectivity index (χ1v) is 9.07. The number of hydrogen-bond donors (Lipinski definition) is 1. The lowest BCUT2D eigenvalue weighted by molar-refractivity contribution is -0.135. The molecule has 26 heavy (non-hydrogen) atoms. The zero-order valence-corrected chi connectivity index (χ0v) is 14.9. The van der Waals surface area contributed by atoms with Crippen molar-refractivity contribution in [1.29, 1.82) is 0 Å². The summed E-state index contributed by atoms with van der Waals surface area (Å²) >= 11 is 0. The van der Waals surface area contributed by atoms with E-state index in [0.717, 1.165) is 11.3 Å². The number of hydrogen-bond acceptors (Lipinski definition) is 4. The van der Waals surface area contributed by atoms with Gasteiger partial charge in [0.15, 0.2) is 0 Å². The van der Waals surface area contributed by atoms with Gasteiger partial charge in [-0.2, -0.15) is 0 Å². The molecule has 3 fully saturated rings. The fraction of sp³-hybridized carbons (Fsp3) is 0.526. The van der Waals surface area contributed by atoms with Crippen LogP contribution in [0.5, 0.6) is 0 Å². The predicted molar refractivity (Wildman–Crippen MR) is 94.7 cm³/mol. The molecule has 1 aromatic carbocycles. The van der Waals surface area contributed by atoms with Crippen molar-refractivity contribution in [2.45, 2.75) is 31.7 Å². The third-order valence-electron chi connectivity index (χ3n) is 5.55. The Labute approximate surface area is 152 Å². The van der Waals surface area contributed by atoms with E-state index in [9.17, 15) is 14.4 Å². The standard InChI is InChI=1S/C19H23N3O4/c1-13-3-2-4-15(9-13)21-11-14(10-16(21)23)12-22-17(24)19(20-18(22)25)5-7-26-8-6-19/h2-4,9,14H,5-8,10-12H2,1H3,(H,20,25). The summed E-state index contributed by atoms with van der Waals surface area (Å²) < 4.78 is 5.32. The Hall–Kier alpha value is -2.41. The smallest absolute Gasteiger partial charge is 0.325 e. The number of rotatable bonds is 3. The Kier molecular flexibility index (Phi) is 4.19. The van der Waals surface area contributed by atoms with Crippen LogP contribution in [0.1, 0.15) is 24.8 Å². The maximum Gasteiger partial charge on any atom is 0.325 e. The van der Waals surface area contributed by atoms with Gasteiger partial charge in [-0.25, -0.2) is 4.79 Å². The van der Waals surface area contributed by atoms with E-state index in [1.165, 1.54) is 4.90 Å². The number of urea groups is 1. The Morgan fingerprint density at radius 2 is 2.00 bits per heavy atom. The van der Waals surface area contributed by atoms with Gasteiger partial charge < -0.3 is 15.0 Å². The molecular weight excluding hydrogens is 334 g/mol. The summed E-state index contributed by atoms with van der Waals surface area (Å²) in [5.74, 6) is -0.187. The van der Waals surface area contributed by atoms with E-state index in [1.54, 1.807) is 4.90 Å². The van der Waals surface area contributed by atoms with Gasteiger partial charge in [0.05, 0.1) is 0 Å². The molecule has 3 aliphatic rings. The van der Waals surface area contributed by atoms with Gasteiger partial charge >= 0.3 is 6.03 Å². The number of carbonyl (C=O) groups excluding carboxylic acids is 3. The highest BCUT2D eigenvalue weighted by atomic mass is 16.5. The van der Waals surface area contributed by atoms with Gasteiger partial charge in [0.25, 0.3) is 5.91 Å². The van der Waals surface area contributed by atoms with E-state index in [2.05, 4.69) is 5.32 Å². The Bertz CT molecular complexity index is 757. The second kappa shape index (κ2) is 6.39. The molecule has 0 bridgehead atoms. The Morgan fingerprint density at radius 1 is 1.23 bits per heavy atom. The third kappa shape index (κ3) is 2.86. The lowest BCUT2D eigenvalue weighted by Crippen LogP contribution is -2.51. The molecule has 4 rings (SSSR count). The van der Waals surface area contributed by atoms with Crippen LogP contribution in [0.25, 0.3) is 0 Å². The minimum atomic E-state index is -0.811. The zero-order chi connectivity index (χ0) is 18.3. The van der Waals surface area contributed by atoms with Crippen molar-refractivity contribution in [3.05, 3.63) is 29.8 Å². The van der Waals surface area contributed by atoms with Crippen LogP contribution < -0.4 is 10.2 Å². The minimum absolute atomic E-state index is 0.0356. The number of nitrogens with zero attached hydrogens (tertiary/aromatic N) is 2. The average Bonchev–Trinajstić information content (AvgIpc) is 3.09. The van der Waals surface area contributed by atoms with Crippen LogP contribution in [0, 0.1) is 12.8 Å². The molecular formula is C19H23N3O4. The molecule has 1 unspecified atom stereocenters. The number of imide groups is 1. The molecule has 0 saturated carbocycles. The molecule has 3 aliphatic heterocycles. The summed E-state index contributed by atoms with van der Waals surface area (Å²) in [6, 6.07) is 7.46. The number of amides is 4. The van der Waals surface area contributed by atoms with Crippen LogP contribution in [-0.2, 0) is 14.3 Å². The highest BCUT2D eigenvalue weighted by Gasteiger charge is 2.52. The van der Waals surface area contributed by atoms with Crippen molar-refractivity contribution in [1.82, 2.24) is 10.2 Å². The van der Waals surface area contributed by atoms with E-state index in [0.29, 0.717) is 39.0 Å². The molecule has 7 heteroatoms. The highest BCUT2D eigenvalue weighted by molar-refractivity contribution is 6.07. The number of ether oxygens (including phenoxy) is 1.